The standard InChI is InChI=1S/C18H27N3O4S/c1-14(18(22)20-19-15-8-6-4-5-7-9-15)21(26(3,23)24)16-10-12-17(25-2)13-11-16/h10-14H,4-9H2,1-3H3,(H,20,22)/t14-/m1/s1. The van der Waals surface area contributed by atoms with Crippen LogP contribution in [0, 0.1) is 0 Å². The van der Waals surface area contributed by atoms with Crippen LogP contribution in [-0.4, -0.2) is 39.4 Å². The lowest BCUT2D eigenvalue weighted by atomic mass is 10.2. The lowest BCUT2D eigenvalue weighted by molar-refractivity contribution is -0.121. The molecule has 144 valence electrons. The highest BCUT2D eigenvalue weighted by molar-refractivity contribution is 7.92. The van der Waals surface area contributed by atoms with Crippen LogP contribution in [0.4, 0.5) is 5.69 Å². The second-order valence-electron chi connectivity index (χ2n) is 6.50. The first-order valence-electron chi connectivity index (χ1n) is 8.81. The van der Waals surface area contributed by atoms with E-state index < -0.39 is 22.0 Å². The molecular formula is C18H27N3O4S. The van der Waals surface area contributed by atoms with E-state index in [-0.39, 0.29) is 0 Å². The number of methoxy groups -OCH3 is 1. The van der Waals surface area contributed by atoms with Gasteiger partial charge in [0, 0.05) is 5.71 Å². The first kappa shape index (κ1) is 20.2. The highest BCUT2D eigenvalue weighted by Crippen LogP contribution is 2.24. The number of nitrogens with zero attached hydrogens (tertiary/aromatic N) is 2. The molecule has 0 unspecified atom stereocenters. The van der Waals surface area contributed by atoms with Gasteiger partial charge in [0.2, 0.25) is 10.0 Å². The quantitative estimate of drug-likeness (QED) is 0.606. The zero-order valence-electron chi connectivity index (χ0n) is 15.6. The average molecular weight is 381 g/mol. The summed E-state index contributed by atoms with van der Waals surface area (Å²) in [6.07, 6.45) is 7.35. The molecule has 1 aromatic rings. The second-order valence-corrected chi connectivity index (χ2v) is 8.36. The van der Waals surface area contributed by atoms with Gasteiger partial charge in [-0.25, -0.2) is 13.8 Å². The molecule has 0 spiro atoms. The van der Waals surface area contributed by atoms with Crippen molar-refractivity contribution >= 4 is 27.3 Å². The Morgan fingerprint density at radius 2 is 1.73 bits per heavy atom. The van der Waals surface area contributed by atoms with E-state index in [0.717, 1.165) is 42.0 Å². The zero-order valence-corrected chi connectivity index (χ0v) is 16.4. The minimum absolute atomic E-state index is 0.401. The van der Waals surface area contributed by atoms with E-state index >= 15 is 0 Å². The maximum absolute atomic E-state index is 12.5. The number of carbonyl (C=O) groups excluding carboxylic acids is 1. The summed E-state index contributed by atoms with van der Waals surface area (Å²) >= 11 is 0. The number of hydrogen-bond donors (Lipinski definition) is 1. The molecule has 26 heavy (non-hydrogen) atoms. The van der Waals surface area contributed by atoms with Crippen molar-refractivity contribution in [3.05, 3.63) is 24.3 Å². The predicted octanol–water partition coefficient (Wildman–Crippen LogP) is 2.68. The van der Waals surface area contributed by atoms with Gasteiger partial charge in [0.15, 0.2) is 0 Å². The number of hydrazone groups is 1. The smallest absolute Gasteiger partial charge is 0.263 e. The average Bonchev–Trinajstić information content (AvgIpc) is 2.88. The van der Waals surface area contributed by atoms with Crippen LogP contribution >= 0.6 is 0 Å². The number of amides is 1. The number of benzene rings is 1. The van der Waals surface area contributed by atoms with E-state index in [2.05, 4.69) is 10.5 Å². The van der Waals surface area contributed by atoms with Crippen molar-refractivity contribution in [2.24, 2.45) is 5.10 Å². The van der Waals surface area contributed by atoms with Crippen molar-refractivity contribution in [3.8, 4) is 5.75 Å². The summed E-state index contributed by atoms with van der Waals surface area (Å²) in [4.78, 5) is 12.5. The van der Waals surface area contributed by atoms with E-state index in [1.807, 2.05) is 0 Å². The molecule has 1 N–H and O–H groups in total. The minimum atomic E-state index is -3.65. The molecular weight excluding hydrogens is 354 g/mol. The normalized spacial score (nSPS) is 16.3. The maximum Gasteiger partial charge on any atom is 0.263 e. The lowest BCUT2D eigenvalue weighted by Crippen LogP contribution is -2.46. The number of anilines is 1. The van der Waals surface area contributed by atoms with Gasteiger partial charge >= 0.3 is 0 Å². The maximum atomic E-state index is 12.5. The van der Waals surface area contributed by atoms with Crippen LogP contribution in [0.15, 0.2) is 29.4 Å². The number of rotatable bonds is 6. The van der Waals surface area contributed by atoms with Gasteiger partial charge in [-0.1, -0.05) is 12.8 Å². The van der Waals surface area contributed by atoms with Gasteiger partial charge in [-0.05, 0) is 56.9 Å². The third-order valence-electron chi connectivity index (χ3n) is 4.42. The Bertz CT molecular complexity index is 734. The van der Waals surface area contributed by atoms with E-state index in [1.54, 1.807) is 31.2 Å². The zero-order chi connectivity index (χ0) is 19.2. The van der Waals surface area contributed by atoms with Gasteiger partial charge < -0.3 is 4.74 Å². The summed E-state index contributed by atoms with van der Waals surface area (Å²) in [5.41, 5.74) is 3.91. The van der Waals surface area contributed by atoms with Crippen LogP contribution in [-0.2, 0) is 14.8 Å². The molecule has 0 heterocycles. The molecule has 1 atom stereocenters. The van der Waals surface area contributed by atoms with Gasteiger partial charge in [0.05, 0.1) is 19.1 Å². The lowest BCUT2D eigenvalue weighted by Gasteiger charge is -2.27. The Labute approximate surface area is 155 Å². The second kappa shape index (κ2) is 9.02. The monoisotopic (exact) mass is 381 g/mol. The van der Waals surface area contributed by atoms with Gasteiger partial charge in [-0.3, -0.25) is 9.10 Å². The molecule has 1 amide bonds. The number of sulfonamides is 1. The Hall–Kier alpha value is -2.09. The molecule has 0 aromatic heterocycles. The Morgan fingerprint density at radius 1 is 1.15 bits per heavy atom. The highest BCUT2D eigenvalue weighted by Gasteiger charge is 2.29. The first-order chi connectivity index (χ1) is 12.3. The largest absolute Gasteiger partial charge is 0.497 e. The molecule has 0 aliphatic heterocycles. The van der Waals surface area contributed by atoms with Crippen molar-refractivity contribution in [2.45, 2.75) is 51.5 Å². The fourth-order valence-electron chi connectivity index (χ4n) is 3.01. The predicted molar refractivity (Wildman–Crippen MR) is 103 cm³/mol. The number of hydrogen-bond acceptors (Lipinski definition) is 5. The molecule has 0 saturated heterocycles. The molecule has 1 saturated carbocycles. The summed E-state index contributed by atoms with van der Waals surface area (Å²) in [6.45, 7) is 1.55. The molecule has 1 fully saturated rings. The van der Waals surface area contributed by atoms with Gasteiger partial charge in [0.25, 0.3) is 5.91 Å². The van der Waals surface area contributed by atoms with E-state index in [4.69, 9.17) is 4.74 Å². The first-order valence-corrected chi connectivity index (χ1v) is 10.7. The summed E-state index contributed by atoms with van der Waals surface area (Å²) in [5, 5.41) is 4.23. The molecule has 7 nitrogen and oxygen atoms in total. The fraction of sp³-hybridized carbons (Fsp3) is 0.556. The van der Waals surface area contributed by atoms with Crippen LogP contribution < -0.4 is 14.5 Å². The Balaban J connectivity index is 2.16. The number of carbonyl (C=O) groups is 1. The summed E-state index contributed by atoms with van der Waals surface area (Å²) in [6, 6.07) is 5.61. The van der Waals surface area contributed by atoms with Crippen molar-refractivity contribution in [1.82, 2.24) is 5.43 Å². The highest BCUT2D eigenvalue weighted by atomic mass is 32.2. The summed E-state index contributed by atoms with van der Waals surface area (Å²) in [7, 11) is -2.11. The van der Waals surface area contributed by atoms with Crippen molar-refractivity contribution in [2.75, 3.05) is 17.7 Å². The van der Waals surface area contributed by atoms with Crippen molar-refractivity contribution in [3.63, 3.8) is 0 Å². The Morgan fingerprint density at radius 3 is 2.23 bits per heavy atom. The molecule has 0 radical (unpaired) electrons. The molecule has 0 bridgehead atoms. The van der Waals surface area contributed by atoms with E-state index in [0.29, 0.717) is 11.4 Å². The Kier molecular flexibility index (Phi) is 7.02. The molecule has 1 aliphatic carbocycles. The van der Waals surface area contributed by atoms with Crippen LogP contribution in [0.25, 0.3) is 0 Å². The molecule has 1 aliphatic rings. The van der Waals surface area contributed by atoms with Crippen molar-refractivity contribution < 1.29 is 17.9 Å². The van der Waals surface area contributed by atoms with Crippen LogP contribution in [0.1, 0.15) is 45.4 Å². The third kappa shape index (κ3) is 5.45. The third-order valence-corrected chi connectivity index (χ3v) is 5.66. The van der Waals surface area contributed by atoms with Crippen LogP contribution in [0.2, 0.25) is 0 Å². The number of nitrogens with one attached hydrogen (secondary N) is 1. The summed E-state index contributed by atoms with van der Waals surface area (Å²) in [5.74, 6) is 0.155. The van der Waals surface area contributed by atoms with Gasteiger partial charge in [-0.2, -0.15) is 5.10 Å². The molecule has 2 rings (SSSR count). The molecule has 1 aromatic carbocycles. The van der Waals surface area contributed by atoms with Crippen LogP contribution in [0.5, 0.6) is 5.75 Å². The van der Waals surface area contributed by atoms with Crippen molar-refractivity contribution in [1.29, 1.82) is 0 Å². The summed E-state index contributed by atoms with van der Waals surface area (Å²) < 4.78 is 30.7. The molecule has 8 heteroatoms. The van der Waals surface area contributed by atoms with Gasteiger partial charge in [-0.15, -0.1) is 0 Å². The SMILES string of the molecule is COc1ccc(N([C@H](C)C(=O)NN=C2CCCCCC2)S(C)(=O)=O)cc1. The van der Waals surface area contributed by atoms with E-state index in [9.17, 15) is 13.2 Å². The van der Waals surface area contributed by atoms with Gasteiger partial charge in [0.1, 0.15) is 11.8 Å². The van der Waals surface area contributed by atoms with E-state index in [1.165, 1.54) is 20.0 Å². The topological polar surface area (TPSA) is 88.1 Å². The van der Waals surface area contributed by atoms with Crippen LogP contribution in [0.3, 0.4) is 0 Å². The fourth-order valence-corrected chi connectivity index (χ4v) is 4.19. The minimum Gasteiger partial charge on any atom is -0.497 e. The number of ether oxygens (including phenoxy) is 1.